The lowest BCUT2D eigenvalue weighted by Crippen LogP contribution is -2.03. The quantitative estimate of drug-likeness (QED) is 0.622. The smallest absolute Gasteiger partial charge is 0.0742 e. The Labute approximate surface area is 75.4 Å². The van der Waals surface area contributed by atoms with E-state index in [-0.39, 0.29) is 6.61 Å². The fraction of sp³-hybridized carbons (Fsp3) is 1.00. The molecule has 1 atom stereocenters. The van der Waals surface area contributed by atoms with Gasteiger partial charge in [-0.15, -0.1) is 0 Å². The van der Waals surface area contributed by atoms with E-state index < -0.39 is 6.10 Å². The number of hydrogen-bond acceptors (Lipinski definition) is 3. The molecule has 0 aromatic carbocycles. The van der Waals surface area contributed by atoms with Gasteiger partial charge in [0, 0.05) is 13.7 Å². The summed E-state index contributed by atoms with van der Waals surface area (Å²) in [5.41, 5.74) is 0. The van der Waals surface area contributed by atoms with Crippen molar-refractivity contribution in [1.29, 1.82) is 0 Å². The molecule has 0 bridgehead atoms. The van der Waals surface area contributed by atoms with Crippen molar-refractivity contribution >= 4 is 0 Å². The van der Waals surface area contributed by atoms with Crippen LogP contribution in [0.1, 0.15) is 33.1 Å². The average molecular weight is 178 g/mol. The molecule has 2 N–H and O–H groups in total. The van der Waals surface area contributed by atoms with E-state index in [1.807, 2.05) is 0 Å². The Morgan fingerprint density at radius 3 is 2.08 bits per heavy atom. The predicted octanol–water partition coefficient (Wildman–Crippen LogP) is 1.18. The van der Waals surface area contributed by atoms with Crippen LogP contribution in [-0.2, 0) is 4.74 Å². The standard InChI is InChI=1S/C6H14O.C3H8O2/c1-3-4-5-6-7-2;1-3(5)2-4/h3-6H2,1-2H3;3-5H,2H2,1H3. The summed E-state index contributed by atoms with van der Waals surface area (Å²) < 4.78 is 4.84. The molecule has 0 heterocycles. The van der Waals surface area contributed by atoms with E-state index in [0.717, 1.165) is 6.61 Å². The van der Waals surface area contributed by atoms with Gasteiger partial charge in [-0.1, -0.05) is 19.8 Å². The van der Waals surface area contributed by atoms with Crippen LogP contribution >= 0.6 is 0 Å². The first-order valence-corrected chi connectivity index (χ1v) is 4.46. The van der Waals surface area contributed by atoms with E-state index in [4.69, 9.17) is 14.9 Å². The lowest BCUT2D eigenvalue weighted by molar-refractivity contribution is 0.110. The highest BCUT2D eigenvalue weighted by Crippen LogP contribution is 1.91. The summed E-state index contributed by atoms with van der Waals surface area (Å²) in [6.45, 7) is 4.50. The normalized spacial score (nSPS) is 11.8. The maximum atomic E-state index is 8.11. The molecule has 0 spiro atoms. The maximum Gasteiger partial charge on any atom is 0.0742 e. The molecule has 0 aromatic heterocycles. The van der Waals surface area contributed by atoms with Crippen molar-refractivity contribution in [3.05, 3.63) is 0 Å². The molecule has 0 aliphatic heterocycles. The van der Waals surface area contributed by atoms with E-state index in [1.165, 1.54) is 26.2 Å². The first kappa shape index (κ1) is 14.4. The molecule has 1 unspecified atom stereocenters. The van der Waals surface area contributed by atoms with Crippen LogP contribution in [0.3, 0.4) is 0 Å². The average Bonchev–Trinajstić information content (AvgIpc) is 2.07. The van der Waals surface area contributed by atoms with Gasteiger partial charge in [0.25, 0.3) is 0 Å². The van der Waals surface area contributed by atoms with Crippen LogP contribution < -0.4 is 0 Å². The topological polar surface area (TPSA) is 49.7 Å². The summed E-state index contributed by atoms with van der Waals surface area (Å²) >= 11 is 0. The summed E-state index contributed by atoms with van der Waals surface area (Å²) in [4.78, 5) is 0. The van der Waals surface area contributed by atoms with Crippen LogP contribution in [0.15, 0.2) is 0 Å². The molecule has 76 valence electrons. The molecule has 0 saturated carbocycles. The van der Waals surface area contributed by atoms with Gasteiger partial charge in [0.15, 0.2) is 0 Å². The zero-order valence-electron chi connectivity index (χ0n) is 8.42. The Bertz CT molecular complexity index is 60.8. The van der Waals surface area contributed by atoms with Gasteiger partial charge < -0.3 is 14.9 Å². The zero-order chi connectivity index (χ0) is 9.82. The number of aliphatic hydroxyl groups is 2. The third-order valence-corrected chi connectivity index (χ3v) is 1.22. The summed E-state index contributed by atoms with van der Waals surface area (Å²) in [5, 5.41) is 16.0. The highest BCUT2D eigenvalue weighted by atomic mass is 16.5. The van der Waals surface area contributed by atoms with E-state index in [9.17, 15) is 0 Å². The third-order valence-electron chi connectivity index (χ3n) is 1.22. The summed E-state index contributed by atoms with van der Waals surface area (Å²) in [7, 11) is 1.75. The summed E-state index contributed by atoms with van der Waals surface area (Å²) in [5.74, 6) is 0. The number of hydrogen-bond donors (Lipinski definition) is 2. The largest absolute Gasteiger partial charge is 0.394 e. The third kappa shape index (κ3) is 22.5. The second-order valence-corrected chi connectivity index (χ2v) is 2.73. The fourth-order valence-corrected chi connectivity index (χ4v) is 0.496. The molecule has 0 aromatic rings. The van der Waals surface area contributed by atoms with Crippen LogP contribution in [0.2, 0.25) is 0 Å². The first-order valence-electron chi connectivity index (χ1n) is 4.46. The molecule has 0 amide bonds. The van der Waals surface area contributed by atoms with Gasteiger partial charge in [-0.2, -0.15) is 0 Å². The molecule has 3 heteroatoms. The molecule has 3 nitrogen and oxygen atoms in total. The number of aliphatic hydroxyl groups excluding tert-OH is 2. The predicted molar refractivity (Wildman–Crippen MR) is 50.2 cm³/mol. The molecule has 0 radical (unpaired) electrons. The second-order valence-electron chi connectivity index (χ2n) is 2.73. The fourth-order valence-electron chi connectivity index (χ4n) is 0.496. The van der Waals surface area contributed by atoms with Crippen LogP contribution in [0.4, 0.5) is 0 Å². The minimum absolute atomic E-state index is 0.139. The molecule has 0 fully saturated rings. The molecule has 0 aliphatic rings. The van der Waals surface area contributed by atoms with Crippen molar-refractivity contribution in [3.8, 4) is 0 Å². The first-order chi connectivity index (χ1) is 5.68. The summed E-state index contributed by atoms with van der Waals surface area (Å²) in [6, 6.07) is 0. The molecule has 0 rings (SSSR count). The van der Waals surface area contributed by atoms with Gasteiger partial charge in [0.1, 0.15) is 0 Å². The zero-order valence-corrected chi connectivity index (χ0v) is 8.42. The van der Waals surface area contributed by atoms with Crippen LogP contribution in [0, 0.1) is 0 Å². The Morgan fingerprint density at radius 2 is 1.83 bits per heavy atom. The van der Waals surface area contributed by atoms with Gasteiger partial charge in [-0.3, -0.25) is 0 Å². The number of methoxy groups -OCH3 is 1. The van der Waals surface area contributed by atoms with Crippen molar-refractivity contribution in [2.75, 3.05) is 20.3 Å². The van der Waals surface area contributed by atoms with E-state index in [1.54, 1.807) is 7.11 Å². The van der Waals surface area contributed by atoms with Crippen LogP contribution in [0.25, 0.3) is 0 Å². The minimum atomic E-state index is -0.560. The van der Waals surface area contributed by atoms with Crippen molar-refractivity contribution in [2.24, 2.45) is 0 Å². The van der Waals surface area contributed by atoms with Crippen molar-refractivity contribution < 1.29 is 14.9 Å². The Hall–Kier alpha value is -0.120. The molecular weight excluding hydrogens is 156 g/mol. The monoisotopic (exact) mass is 178 g/mol. The second kappa shape index (κ2) is 13.5. The SMILES string of the molecule is CC(O)CO.CCCCCOC. The van der Waals surface area contributed by atoms with Crippen molar-refractivity contribution in [3.63, 3.8) is 0 Å². The van der Waals surface area contributed by atoms with E-state index in [0.29, 0.717) is 0 Å². The van der Waals surface area contributed by atoms with E-state index in [2.05, 4.69) is 6.92 Å². The number of unbranched alkanes of at least 4 members (excludes halogenated alkanes) is 2. The van der Waals surface area contributed by atoms with Gasteiger partial charge in [-0.25, -0.2) is 0 Å². The maximum absolute atomic E-state index is 8.11. The molecular formula is C9H22O3. The molecule has 0 aliphatic carbocycles. The molecule has 12 heavy (non-hydrogen) atoms. The Morgan fingerprint density at radius 1 is 1.33 bits per heavy atom. The number of rotatable bonds is 5. The lowest BCUT2D eigenvalue weighted by atomic mass is 10.3. The van der Waals surface area contributed by atoms with Gasteiger partial charge in [0.05, 0.1) is 12.7 Å². The minimum Gasteiger partial charge on any atom is -0.394 e. The highest BCUT2D eigenvalue weighted by Gasteiger charge is 1.83. The highest BCUT2D eigenvalue weighted by molar-refractivity contribution is 4.34. The number of ether oxygens (including phenoxy) is 1. The van der Waals surface area contributed by atoms with Gasteiger partial charge >= 0.3 is 0 Å². The Balaban J connectivity index is 0. The van der Waals surface area contributed by atoms with Crippen LogP contribution in [0.5, 0.6) is 0 Å². The summed E-state index contributed by atoms with van der Waals surface area (Å²) in [6.07, 6.45) is 3.24. The van der Waals surface area contributed by atoms with Crippen LogP contribution in [-0.4, -0.2) is 36.6 Å². The van der Waals surface area contributed by atoms with Gasteiger partial charge in [0.2, 0.25) is 0 Å². The molecule has 0 saturated heterocycles. The van der Waals surface area contributed by atoms with Crippen molar-refractivity contribution in [2.45, 2.75) is 39.2 Å². The lowest BCUT2D eigenvalue weighted by Gasteiger charge is -1.92. The van der Waals surface area contributed by atoms with Crippen molar-refractivity contribution in [1.82, 2.24) is 0 Å². The Kier molecular flexibility index (Phi) is 16.2. The van der Waals surface area contributed by atoms with E-state index >= 15 is 0 Å². The van der Waals surface area contributed by atoms with Gasteiger partial charge in [-0.05, 0) is 13.3 Å².